The molecule has 104 valence electrons. The molecule has 0 atom stereocenters. The Kier molecular flexibility index (Phi) is 4.74. The van der Waals surface area contributed by atoms with E-state index in [4.69, 9.17) is 4.74 Å². The lowest BCUT2D eigenvalue weighted by Crippen LogP contribution is -2.32. The number of hydrogen-bond acceptors (Lipinski definition) is 3. The van der Waals surface area contributed by atoms with Gasteiger partial charge < -0.3 is 15.0 Å². The monoisotopic (exact) mass is 266 g/mol. The molecule has 1 aromatic rings. The number of carbonyl (C=O) groups is 1. The molecule has 0 aromatic heterocycles. The van der Waals surface area contributed by atoms with Crippen LogP contribution in [0.15, 0.2) is 18.2 Å². The molecule has 1 N–H and O–H groups in total. The van der Waals surface area contributed by atoms with Gasteiger partial charge in [0.1, 0.15) is 11.4 Å². The lowest BCUT2D eigenvalue weighted by molar-refractivity contribution is -0.105. The average Bonchev–Trinajstić information content (AvgIpc) is 2.41. The molecule has 0 bridgehead atoms. The summed E-state index contributed by atoms with van der Waals surface area (Å²) >= 11 is 0. The lowest BCUT2D eigenvalue weighted by Gasteiger charge is -2.28. The molecule has 0 radical (unpaired) electrons. The van der Waals surface area contributed by atoms with Crippen molar-refractivity contribution in [1.82, 2.24) is 4.90 Å². The molecule has 19 heavy (non-hydrogen) atoms. The minimum atomic E-state index is -0.479. The van der Waals surface area contributed by atoms with Gasteiger partial charge in [-0.05, 0) is 51.0 Å². The molecule has 1 fully saturated rings. The van der Waals surface area contributed by atoms with Crippen LogP contribution in [0.25, 0.3) is 0 Å². The Balaban J connectivity index is 1.95. The minimum Gasteiger partial charge on any atom is -0.491 e. The summed E-state index contributed by atoms with van der Waals surface area (Å²) in [6, 6.07) is 4.55. The Hall–Kier alpha value is -1.62. The summed E-state index contributed by atoms with van der Waals surface area (Å²) in [6.45, 7) is 2.69. The van der Waals surface area contributed by atoms with Gasteiger partial charge >= 0.3 is 0 Å². The SMILES string of the molecule is CN1CCC(COc2cccc(F)c2NC=O)CC1. The van der Waals surface area contributed by atoms with Gasteiger partial charge in [0.2, 0.25) is 6.41 Å². The van der Waals surface area contributed by atoms with E-state index < -0.39 is 5.82 Å². The van der Waals surface area contributed by atoms with Crippen LogP contribution in [-0.4, -0.2) is 38.1 Å². The van der Waals surface area contributed by atoms with Crippen molar-refractivity contribution >= 4 is 12.1 Å². The molecule has 0 spiro atoms. The summed E-state index contributed by atoms with van der Waals surface area (Å²) in [6.07, 6.45) is 2.63. The topological polar surface area (TPSA) is 41.6 Å². The smallest absolute Gasteiger partial charge is 0.211 e. The maximum atomic E-state index is 13.5. The molecular weight excluding hydrogens is 247 g/mol. The van der Waals surface area contributed by atoms with E-state index >= 15 is 0 Å². The van der Waals surface area contributed by atoms with Crippen LogP contribution in [0.2, 0.25) is 0 Å². The summed E-state index contributed by atoms with van der Waals surface area (Å²) in [4.78, 5) is 12.8. The minimum absolute atomic E-state index is 0.116. The van der Waals surface area contributed by atoms with Crippen molar-refractivity contribution < 1.29 is 13.9 Å². The zero-order chi connectivity index (χ0) is 13.7. The van der Waals surface area contributed by atoms with Crippen LogP contribution in [0, 0.1) is 11.7 Å². The first-order chi connectivity index (χ1) is 9.20. The first-order valence-electron chi connectivity index (χ1n) is 6.50. The number of anilines is 1. The Morgan fingerprint density at radius 1 is 1.47 bits per heavy atom. The van der Waals surface area contributed by atoms with Gasteiger partial charge in [-0.2, -0.15) is 0 Å². The van der Waals surface area contributed by atoms with Gasteiger partial charge in [0.25, 0.3) is 0 Å². The first kappa shape index (κ1) is 13.8. The number of ether oxygens (including phenoxy) is 1. The van der Waals surface area contributed by atoms with Crippen LogP contribution in [0.4, 0.5) is 10.1 Å². The highest BCUT2D eigenvalue weighted by Gasteiger charge is 2.18. The van der Waals surface area contributed by atoms with Crippen LogP contribution >= 0.6 is 0 Å². The highest BCUT2D eigenvalue weighted by Crippen LogP contribution is 2.28. The number of amides is 1. The van der Waals surface area contributed by atoms with Gasteiger partial charge in [0, 0.05) is 0 Å². The van der Waals surface area contributed by atoms with Crippen LogP contribution in [0.1, 0.15) is 12.8 Å². The van der Waals surface area contributed by atoms with Crippen molar-refractivity contribution in [2.45, 2.75) is 12.8 Å². The quantitative estimate of drug-likeness (QED) is 0.830. The van der Waals surface area contributed by atoms with E-state index in [9.17, 15) is 9.18 Å². The predicted octanol–water partition coefficient (Wildman–Crippen LogP) is 2.11. The molecule has 0 unspecified atom stereocenters. The van der Waals surface area contributed by atoms with Crippen molar-refractivity contribution in [3.05, 3.63) is 24.0 Å². The number of benzene rings is 1. The third-order valence-electron chi connectivity index (χ3n) is 3.49. The summed E-state index contributed by atoms with van der Waals surface area (Å²) in [5, 5.41) is 2.35. The molecule has 2 rings (SSSR count). The number of para-hydroxylation sites is 1. The maximum Gasteiger partial charge on any atom is 0.211 e. The summed E-state index contributed by atoms with van der Waals surface area (Å²) in [5.74, 6) is 0.405. The first-order valence-corrected chi connectivity index (χ1v) is 6.50. The molecule has 0 saturated carbocycles. The number of halogens is 1. The largest absolute Gasteiger partial charge is 0.491 e. The normalized spacial score (nSPS) is 17.2. The van der Waals surface area contributed by atoms with E-state index in [0.29, 0.717) is 24.7 Å². The second kappa shape index (κ2) is 6.52. The number of piperidine rings is 1. The number of nitrogens with one attached hydrogen (secondary N) is 1. The summed E-state index contributed by atoms with van der Waals surface area (Å²) in [7, 11) is 2.11. The molecule has 4 nitrogen and oxygen atoms in total. The molecule has 1 amide bonds. The Morgan fingerprint density at radius 2 is 2.21 bits per heavy atom. The third-order valence-corrected chi connectivity index (χ3v) is 3.49. The van der Waals surface area contributed by atoms with Crippen LogP contribution in [-0.2, 0) is 4.79 Å². The van der Waals surface area contributed by atoms with Gasteiger partial charge in [-0.15, -0.1) is 0 Å². The van der Waals surface area contributed by atoms with E-state index in [-0.39, 0.29) is 5.69 Å². The van der Waals surface area contributed by atoms with Crippen LogP contribution in [0.3, 0.4) is 0 Å². The lowest BCUT2D eigenvalue weighted by atomic mass is 9.98. The van der Waals surface area contributed by atoms with Gasteiger partial charge in [0.05, 0.1) is 6.61 Å². The van der Waals surface area contributed by atoms with Crippen molar-refractivity contribution in [3.8, 4) is 5.75 Å². The predicted molar refractivity (Wildman–Crippen MR) is 71.8 cm³/mol. The van der Waals surface area contributed by atoms with Gasteiger partial charge in [0.15, 0.2) is 5.82 Å². The maximum absolute atomic E-state index is 13.5. The Bertz CT molecular complexity index is 431. The fourth-order valence-electron chi connectivity index (χ4n) is 2.26. The molecule has 1 aromatic carbocycles. The molecule has 1 saturated heterocycles. The van der Waals surface area contributed by atoms with Gasteiger partial charge in [-0.1, -0.05) is 6.07 Å². The van der Waals surface area contributed by atoms with Crippen molar-refractivity contribution in [3.63, 3.8) is 0 Å². The average molecular weight is 266 g/mol. The standard InChI is InChI=1S/C14H19FN2O2/c1-17-7-5-11(6-8-17)9-19-13-4-2-3-12(15)14(13)16-10-18/h2-4,10-11H,5-9H2,1H3,(H,16,18). The fourth-order valence-corrected chi connectivity index (χ4v) is 2.26. The van der Waals surface area contributed by atoms with Crippen LogP contribution < -0.4 is 10.1 Å². The van der Waals surface area contributed by atoms with E-state index in [1.165, 1.54) is 6.07 Å². The molecule has 1 heterocycles. The second-order valence-corrected chi connectivity index (χ2v) is 4.93. The molecule has 1 aliphatic rings. The molecular formula is C14H19FN2O2. The van der Waals surface area contributed by atoms with Crippen LogP contribution in [0.5, 0.6) is 5.75 Å². The molecule has 1 aliphatic heterocycles. The van der Waals surface area contributed by atoms with E-state index in [1.807, 2.05) is 0 Å². The summed E-state index contributed by atoms with van der Waals surface area (Å²) < 4.78 is 19.2. The number of likely N-dealkylation sites (tertiary alicyclic amines) is 1. The number of hydrogen-bond donors (Lipinski definition) is 1. The highest BCUT2D eigenvalue weighted by atomic mass is 19.1. The van der Waals surface area contributed by atoms with E-state index in [2.05, 4.69) is 17.3 Å². The highest BCUT2D eigenvalue weighted by molar-refractivity contribution is 5.75. The summed E-state index contributed by atoms with van der Waals surface area (Å²) in [5.41, 5.74) is 0.116. The van der Waals surface area contributed by atoms with Crippen molar-refractivity contribution in [2.24, 2.45) is 5.92 Å². The molecule has 5 heteroatoms. The Labute approximate surface area is 112 Å². The van der Waals surface area contributed by atoms with E-state index in [1.54, 1.807) is 12.1 Å². The zero-order valence-electron chi connectivity index (χ0n) is 11.1. The second-order valence-electron chi connectivity index (χ2n) is 4.93. The fraction of sp³-hybridized carbons (Fsp3) is 0.500. The number of rotatable bonds is 5. The van der Waals surface area contributed by atoms with Crippen molar-refractivity contribution in [2.75, 3.05) is 32.1 Å². The molecule has 0 aliphatic carbocycles. The number of carbonyl (C=O) groups excluding carboxylic acids is 1. The third kappa shape index (κ3) is 3.67. The van der Waals surface area contributed by atoms with Gasteiger partial charge in [-0.25, -0.2) is 4.39 Å². The van der Waals surface area contributed by atoms with E-state index in [0.717, 1.165) is 25.9 Å². The zero-order valence-corrected chi connectivity index (χ0v) is 11.1. The van der Waals surface area contributed by atoms with Crippen molar-refractivity contribution in [1.29, 1.82) is 0 Å². The van der Waals surface area contributed by atoms with Gasteiger partial charge in [-0.3, -0.25) is 4.79 Å². The Morgan fingerprint density at radius 3 is 2.89 bits per heavy atom. The number of nitrogens with zero attached hydrogens (tertiary/aromatic N) is 1.